The molecule has 1 aliphatic carbocycles. The highest BCUT2D eigenvalue weighted by Gasteiger charge is 2.17. The average Bonchev–Trinajstić information content (AvgIpc) is 2.06. The predicted octanol–water partition coefficient (Wildman–Crippen LogP) is 1.44. The van der Waals surface area contributed by atoms with E-state index in [2.05, 4.69) is 0 Å². The van der Waals surface area contributed by atoms with E-state index in [-0.39, 0.29) is 11.0 Å². The highest BCUT2D eigenvalue weighted by atomic mass is 16.4. The van der Waals surface area contributed by atoms with E-state index >= 15 is 0 Å². The van der Waals surface area contributed by atoms with Crippen LogP contribution >= 0.6 is 0 Å². The number of nitrogens with two attached hydrogens (primary N) is 1. The number of carbonyl (C=O) groups is 1. The van der Waals surface area contributed by atoms with E-state index in [1.165, 1.54) is 6.08 Å². The number of hydrogen-bond donors (Lipinski definition) is 2. The quantitative estimate of drug-likeness (QED) is 0.640. The minimum Gasteiger partial charge on any atom is -0.478 e. The van der Waals surface area contributed by atoms with Crippen LogP contribution in [0.5, 0.6) is 0 Å². The van der Waals surface area contributed by atoms with Crippen LogP contribution < -0.4 is 5.73 Å². The van der Waals surface area contributed by atoms with Crippen LogP contribution in [0.4, 0.5) is 0 Å². The molecule has 3 nitrogen and oxygen atoms in total. The molecule has 0 aromatic rings. The van der Waals surface area contributed by atoms with Crippen LogP contribution in [0.2, 0.25) is 0 Å². The van der Waals surface area contributed by atoms with Crippen molar-refractivity contribution in [2.45, 2.75) is 13.8 Å². The van der Waals surface area contributed by atoms with Gasteiger partial charge in [0.15, 0.2) is 0 Å². The van der Waals surface area contributed by atoms with Gasteiger partial charge >= 0.3 is 5.97 Å². The summed E-state index contributed by atoms with van der Waals surface area (Å²) in [5.74, 6) is -0.990. The lowest BCUT2D eigenvalue weighted by molar-refractivity contribution is -0.132. The molecule has 0 aromatic carbocycles. The molecule has 0 saturated carbocycles. The molecule has 0 spiro atoms. The standard InChI is InChI=1S/C10H13NO2/c1-10(2)5-3-4-7(9(12)13)8(11)6-10/h3-6H,11H2,1-2H3,(H,12,13). The first kappa shape index (κ1) is 9.58. The van der Waals surface area contributed by atoms with Crippen LogP contribution in [0, 0.1) is 5.41 Å². The van der Waals surface area contributed by atoms with Crippen molar-refractivity contribution >= 4 is 5.97 Å². The number of allylic oxidation sites excluding steroid dienone is 4. The Balaban J connectivity index is 3.12. The zero-order valence-electron chi connectivity index (χ0n) is 7.74. The molecular weight excluding hydrogens is 166 g/mol. The van der Waals surface area contributed by atoms with Crippen molar-refractivity contribution in [2.75, 3.05) is 0 Å². The van der Waals surface area contributed by atoms with Crippen LogP contribution in [0.3, 0.4) is 0 Å². The molecule has 70 valence electrons. The SMILES string of the molecule is CC1(C)C=CC=C(C(=O)O)C(N)=C1. The third-order valence-electron chi connectivity index (χ3n) is 1.86. The minimum atomic E-state index is -0.990. The lowest BCUT2D eigenvalue weighted by atomic mass is 9.92. The third kappa shape index (κ3) is 2.21. The number of rotatable bonds is 1. The van der Waals surface area contributed by atoms with Crippen LogP contribution in [0.1, 0.15) is 13.8 Å². The summed E-state index contributed by atoms with van der Waals surface area (Å²) in [5, 5.41) is 8.78. The van der Waals surface area contributed by atoms with Gasteiger partial charge in [-0.25, -0.2) is 4.79 Å². The highest BCUT2D eigenvalue weighted by Crippen LogP contribution is 2.24. The first-order valence-corrected chi connectivity index (χ1v) is 4.04. The summed E-state index contributed by atoms with van der Waals surface area (Å²) in [5.41, 5.74) is 5.92. The van der Waals surface area contributed by atoms with Crippen LogP contribution in [-0.2, 0) is 4.79 Å². The van der Waals surface area contributed by atoms with E-state index in [1.807, 2.05) is 19.9 Å². The molecule has 3 N–H and O–H groups in total. The lowest BCUT2D eigenvalue weighted by Crippen LogP contribution is -2.13. The molecule has 0 radical (unpaired) electrons. The fourth-order valence-electron chi connectivity index (χ4n) is 1.21. The zero-order chi connectivity index (χ0) is 10.1. The topological polar surface area (TPSA) is 63.3 Å². The summed E-state index contributed by atoms with van der Waals surface area (Å²) in [7, 11) is 0. The van der Waals surface area contributed by atoms with Crippen molar-refractivity contribution in [1.29, 1.82) is 0 Å². The van der Waals surface area contributed by atoms with Gasteiger partial charge in [-0.15, -0.1) is 0 Å². The molecule has 1 aliphatic rings. The molecule has 0 heterocycles. The van der Waals surface area contributed by atoms with Gasteiger partial charge in [0.05, 0.1) is 5.57 Å². The first-order valence-electron chi connectivity index (χ1n) is 4.04. The summed E-state index contributed by atoms with van der Waals surface area (Å²) in [4.78, 5) is 10.7. The molecule has 0 bridgehead atoms. The molecule has 1 rings (SSSR count). The smallest absolute Gasteiger partial charge is 0.337 e. The van der Waals surface area contributed by atoms with Gasteiger partial charge in [0.25, 0.3) is 0 Å². The van der Waals surface area contributed by atoms with Crippen LogP contribution in [-0.4, -0.2) is 11.1 Å². The van der Waals surface area contributed by atoms with Crippen LogP contribution in [0.15, 0.2) is 35.6 Å². The Kier molecular flexibility index (Phi) is 2.28. The summed E-state index contributed by atoms with van der Waals surface area (Å²) in [6.07, 6.45) is 6.90. The molecule has 0 unspecified atom stereocenters. The van der Waals surface area contributed by atoms with Crippen molar-refractivity contribution in [3.8, 4) is 0 Å². The minimum absolute atomic E-state index is 0.154. The molecule has 13 heavy (non-hydrogen) atoms. The molecule has 0 atom stereocenters. The predicted molar refractivity (Wildman–Crippen MR) is 50.9 cm³/mol. The maximum atomic E-state index is 10.7. The van der Waals surface area contributed by atoms with E-state index < -0.39 is 5.97 Å². The van der Waals surface area contributed by atoms with Gasteiger partial charge in [0, 0.05) is 11.1 Å². The molecule has 0 fully saturated rings. The third-order valence-corrected chi connectivity index (χ3v) is 1.86. The van der Waals surface area contributed by atoms with Gasteiger partial charge in [0.1, 0.15) is 0 Å². The number of carboxylic acids is 1. The van der Waals surface area contributed by atoms with Gasteiger partial charge in [0.2, 0.25) is 0 Å². The van der Waals surface area contributed by atoms with Gasteiger partial charge in [-0.1, -0.05) is 32.1 Å². The van der Waals surface area contributed by atoms with E-state index in [0.29, 0.717) is 5.70 Å². The second-order valence-electron chi connectivity index (χ2n) is 3.67. The average molecular weight is 179 g/mol. The van der Waals surface area contributed by atoms with E-state index in [1.54, 1.807) is 12.2 Å². The van der Waals surface area contributed by atoms with Crippen LogP contribution in [0.25, 0.3) is 0 Å². The normalized spacial score (nSPS) is 20.2. The van der Waals surface area contributed by atoms with Gasteiger partial charge in [-0.2, -0.15) is 0 Å². The van der Waals surface area contributed by atoms with Crippen molar-refractivity contribution < 1.29 is 9.90 Å². The highest BCUT2D eigenvalue weighted by molar-refractivity contribution is 5.92. The van der Waals surface area contributed by atoms with Crippen molar-refractivity contribution in [1.82, 2.24) is 0 Å². The zero-order valence-corrected chi connectivity index (χ0v) is 7.74. The fourth-order valence-corrected chi connectivity index (χ4v) is 1.21. The number of carboxylic acid groups (broad SMARTS) is 1. The summed E-state index contributed by atoms with van der Waals surface area (Å²) < 4.78 is 0. The van der Waals surface area contributed by atoms with Gasteiger partial charge in [-0.05, 0) is 6.08 Å². The Morgan fingerprint density at radius 1 is 1.54 bits per heavy atom. The van der Waals surface area contributed by atoms with E-state index in [0.717, 1.165) is 0 Å². The fraction of sp³-hybridized carbons (Fsp3) is 0.300. The Morgan fingerprint density at radius 3 is 2.69 bits per heavy atom. The Hall–Kier alpha value is -1.51. The second-order valence-corrected chi connectivity index (χ2v) is 3.67. The molecule has 0 saturated heterocycles. The Labute approximate surface area is 77.2 Å². The summed E-state index contributed by atoms with van der Waals surface area (Å²) in [6, 6.07) is 0. The summed E-state index contributed by atoms with van der Waals surface area (Å²) in [6.45, 7) is 3.93. The number of aliphatic carboxylic acids is 1. The number of hydrogen-bond acceptors (Lipinski definition) is 2. The van der Waals surface area contributed by atoms with E-state index in [4.69, 9.17) is 10.8 Å². The largest absolute Gasteiger partial charge is 0.478 e. The summed E-state index contributed by atoms with van der Waals surface area (Å²) >= 11 is 0. The van der Waals surface area contributed by atoms with E-state index in [9.17, 15) is 4.79 Å². The molecule has 0 amide bonds. The first-order chi connectivity index (χ1) is 5.92. The Morgan fingerprint density at radius 2 is 2.15 bits per heavy atom. The molecule has 0 aromatic heterocycles. The molecule has 0 aliphatic heterocycles. The van der Waals surface area contributed by atoms with Gasteiger partial charge in [-0.3, -0.25) is 0 Å². The van der Waals surface area contributed by atoms with Crippen molar-refractivity contribution in [3.05, 3.63) is 35.6 Å². The van der Waals surface area contributed by atoms with Gasteiger partial charge < -0.3 is 10.8 Å². The Bertz CT molecular complexity index is 322. The van der Waals surface area contributed by atoms with Crippen molar-refractivity contribution in [2.24, 2.45) is 11.1 Å². The maximum Gasteiger partial charge on any atom is 0.337 e. The lowest BCUT2D eigenvalue weighted by Gasteiger charge is -2.14. The molecule has 3 heteroatoms. The maximum absolute atomic E-state index is 10.7. The molecular formula is C10H13NO2. The second kappa shape index (κ2) is 3.09. The van der Waals surface area contributed by atoms with Crippen molar-refractivity contribution in [3.63, 3.8) is 0 Å². The monoisotopic (exact) mass is 179 g/mol.